The zero-order valence-electron chi connectivity index (χ0n) is 14.7. The minimum atomic E-state index is -0.104. The van der Waals surface area contributed by atoms with Gasteiger partial charge in [-0.05, 0) is 37.3 Å². The quantitative estimate of drug-likeness (QED) is 0.727. The molecule has 3 rings (SSSR count). The van der Waals surface area contributed by atoms with Gasteiger partial charge in [-0.2, -0.15) is 5.10 Å². The normalized spacial score (nSPS) is 14.1. The van der Waals surface area contributed by atoms with Crippen LogP contribution in [0.25, 0.3) is 0 Å². The molecular formula is C17H19Cl2N5O2S. The second-order valence-corrected chi connectivity index (χ2v) is 7.08. The molecule has 1 saturated heterocycles. The topological polar surface area (TPSA) is 71.4 Å². The van der Waals surface area contributed by atoms with Crippen LogP contribution < -0.4 is 10.6 Å². The van der Waals surface area contributed by atoms with Crippen molar-refractivity contribution in [2.75, 3.05) is 36.9 Å². The predicted octanol–water partition coefficient (Wildman–Crippen LogP) is 3.49. The molecule has 1 aromatic carbocycles. The van der Waals surface area contributed by atoms with Crippen molar-refractivity contribution in [3.05, 3.63) is 40.1 Å². The van der Waals surface area contributed by atoms with Crippen LogP contribution in [0, 0.1) is 0 Å². The maximum absolute atomic E-state index is 13.0. The largest absolute Gasteiger partial charge is 0.378 e. The third-order valence-corrected chi connectivity index (χ3v) is 4.82. The number of halogens is 2. The van der Waals surface area contributed by atoms with Gasteiger partial charge in [-0.1, -0.05) is 23.2 Å². The fraction of sp³-hybridized carbons (Fsp3) is 0.353. The Morgan fingerprint density at radius 1 is 1.26 bits per heavy atom. The molecule has 0 radical (unpaired) electrons. The summed E-state index contributed by atoms with van der Waals surface area (Å²) in [5.74, 6) is -0.104. The molecule has 0 bridgehead atoms. The van der Waals surface area contributed by atoms with E-state index < -0.39 is 0 Å². The molecule has 1 aliphatic rings. The Morgan fingerprint density at radius 3 is 2.63 bits per heavy atom. The minimum Gasteiger partial charge on any atom is -0.378 e. The lowest BCUT2D eigenvalue weighted by Gasteiger charge is -2.27. The van der Waals surface area contributed by atoms with Gasteiger partial charge in [0, 0.05) is 24.7 Å². The highest BCUT2D eigenvalue weighted by atomic mass is 35.5. The molecule has 2 aromatic rings. The van der Waals surface area contributed by atoms with Crippen LogP contribution in [0.4, 0.5) is 11.4 Å². The van der Waals surface area contributed by atoms with Gasteiger partial charge < -0.3 is 20.3 Å². The van der Waals surface area contributed by atoms with Gasteiger partial charge in [-0.15, -0.1) is 0 Å². The summed E-state index contributed by atoms with van der Waals surface area (Å²) >= 11 is 17.4. The number of ether oxygens (including phenoxy) is 1. The molecule has 1 amide bonds. The van der Waals surface area contributed by atoms with Gasteiger partial charge in [0.2, 0.25) is 0 Å². The average Bonchev–Trinajstić information content (AvgIpc) is 3.06. The second kappa shape index (κ2) is 8.88. The van der Waals surface area contributed by atoms with E-state index in [0.29, 0.717) is 65.1 Å². The number of hydrogen-bond acceptors (Lipinski definition) is 4. The van der Waals surface area contributed by atoms with Crippen LogP contribution in [0.15, 0.2) is 24.4 Å². The summed E-state index contributed by atoms with van der Waals surface area (Å²) in [7, 11) is 0. The van der Waals surface area contributed by atoms with Crippen molar-refractivity contribution >= 4 is 57.8 Å². The maximum Gasteiger partial charge on any atom is 0.274 e. The molecule has 0 aliphatic carbocycles. The molecule has 7 nitrogen and oxygen atoms in total. The van der Waals surface area contributed by atoms with E-state index >= 15 is 0 Å². The molecule has 27 heavy (non-hydrogen) atoms. The van der Waals surface area contributed by atoms with E-state index in [1.807, 2.05) is 6.92 Å². The summed E-state index contributed by atoms with van der Waals surface area (Å²) < 4.78 is 6.97. The molecule has 2 heterocycles. The molecule has 0 spiro atoms. The number of benzene rings is 1. The summed E-state index contributed by atoms with van der Waals surface area (Å²) in [6, 6.07) is 5.06. The van der Waals surface area contributed by atoms with Crippen molar-refractivity contribution in [3.8, 4) is 0 Å². The highest BCUT2D eigenvalue weighted by Crippen LogP contribution is 2.26. The molecule has 0 saturated carbocycles. The number of nitrogens with one attached hydrogen (secondary N) is 2. The third kappa shape index (κ3) is 4.70. The van der Waals surface area contributed by atoms with Gasteiger partial charge in [-0.3, -0.25) is 9.48 Å². The zero-order chi connectivity index (χ0) is 19.4. The Balaban J connectivity index is 1.77. The standard InChI is InChI=1S/C17H19Cl2N5O2S/c1-2-24-15(16(25)23-5-7-26-8-6-23)14(10-20-24)22-17(27)21-13-4-3-11(18)9-12(13)19/h3-4,9-10H,2,5-8H2,1H3,(H2,21,22,27). The number of anilines is 2. The lowest BCUT2D eigenvalue weighted by molar-refractivity contribution is 0.0295. The molecule has 1 aliphatic heterocycles. The van der Waals surface area contributed by atoms with Crippen molar-refractivity contribution < 1.29 is 9.53 Å². The fourth-order valence-corrected chi connectivity index (χ4v) is 3.40. The van der Waals surface area contributed by atoms with E-state index in [1.165, 1.54) is 0 Å². The molecule has 1 aromatic heterocycles. The van der Waals surface area contributed by atoms with E-state index in [4.69, 9.17) is 40.2 Å². The fourth-order valence-electron chi connectivity index (χ4n) is 2.73. The molecule has 10 heteroatoms. The van der Waals surface area contributed by atoms with E-state index in [1.54, 1.807) is 34.0 Å². The minimum absolute atomic E-state index is 0.104. The summed E-state index contributed by atoms with van der Waals surface area (Å²) in [6.07, 6.45) is 1.59. The van der Waals surface area contributed by atoms with Crippen LogP contribution in [0.2, 0.25) is 10.0 Å². The first-order valence-corrected chi connectivity index (χ1v) is 9.62. The number of nitrogens with zero attached hydrogens (tertiary/aromatic N) is 3. The highest BCUT2D eigenvalue weighted by Gasteiger charge is 2.25. The van der Waals surface area contributed by atoms with E-state index in [-0.39, 0.29) is 5.91 Å². The molecule has 0 atom stereocenters. The highest BCUT2D eigenvalue weighted by molar-refractivity contribution is 7.80. The van der Waals surface area contributed by atoms with Crippen LogP contribution >= 0.6 is 35.4 Å². The van der Waals surface area contributed by atoms with Gasteiger partial charge in [0.15, 0.2) is 5.11 Å². The van der Waals surface area contributed by atoms with Gasteiger partial charge in [0.05, 0.1) is 35.8 Å². The molecule has 2 N–H and O–H groups in total. The number of aryl methyl sites for hydroxylation is 1. The number of rotatable bonds is 4. The van der Waals surface area contributed by atoms with Gasteiger partial charge in [-0.25, -0.2) is 0 Å². The number of amides is 1. The SMILES string of the molecule is CCn1ncc(NC(=S)Nc2ccc(Cl)cc2Cl)c1C(=O)N1CCOCC1. The van der Waals surface area contributed by atoms with Crippen LogP contribution in [0.5, 0.6) is 0 Å². The monoisotopic (exact) mass is 427 g/mol. The van der Waals surface area contributed by atoms with Crippen LogP contribution in [0.3, 0.4) is 0 Å². The van der Waals surface area contributed by atoms with Crippen LogP contribution in [0.1, 0.15) is 17.4 Å². The van der Waals surface area contributed by atoms with Gasteiger partial charge in [0.1, 0.15) is 5.69 Å². The van der Waals surface area contributed by atoms with E-state index in [9.17, 15) is 4.79 Å². The van der Waals surface area contributed by atoms with Crippen molar-refractivity contribution in [2.24, 2.45) is 0 Å². The number of aromatic nitrogens is 2. The first-order valence-electron chi connectivity index (χ1n) is 8.45. The Labute approximate surface area is 172 Å². The number of hydrogen-bond donors (Lipinski definition) is 2. The summed E-state index contributed by atoms with van der Waals surface area (Å²) in [4.78, 5) is 14.7. The lowest BCUT2D eigenvalue weighted by atomic mass is 10.3. The molecule has 0 unspecified atom stereocenters. The van der Waals surface area contributed by atoms with Gasteiger partial charge >= 0.3 is 0 Å². The van der Waals surface area contributed by atoms with Crippen molar-refractivity contribution in [3.63, 3.8) is 0 Å². The number of carbonyl (C=O) groups is 1. The number of thiocarbonyl (C=S) groups is 1. The Hall–Kier alpha value is -1.87. The number of carbonyl (C=O) groups excluding carboxylic acids is 1. The van der Waals surface area contributed by atoms with Gasteiger partial charge in [0.25, 0.3) is 5.91 Å². The number of morpholine rings is 1. The van der Waals surface area contributed by atoms with Crippen molar-refractivity contribution in [1.29, 1.82) is 0 Å². The zero-order valence-corrected chi connectivity index (χ0v) is 17.0. The smallest absolute Gasteiger partial charge is 0.274 e. The first-order chi connectivity index (χ1) is 13.0. The van der Waals surface area contributed by atoms with E-state index in [0.717, 1.165) is 0 Å². The Bertz CT molecular complexity index is 852. The second-order valence-electron chi connectivity index (χ2n) is 5.83. The van der Waals surface area contributed by atoms with E-state index in [2.05, 4.69) is 15.7 Å². The Morgan fingerprint density at radius 2 is 1.96 bits per heavy atom. The first kappa shape index (κ1) is 19.9. The third-order valence-electron chi connectivity index (χ3n) is 4.07. The summed E-state index contributed by atoms with van der Waals surface area (Å²) in [6.45, 7) is 4.66. The van der Waals surface area contributed by atoms with Crippen LogP contribution in [-0.4, -0.2) is 52.0 Å². The molecule has 144 valence electrons. The summed E-state index contributed by atoms with van der Waals surface area (Å²) in [5.41, 5.74) is 1.61. The Kier molecular flexibility index (Phi) is 6.54. The van der Waals surface area contributed by atoms with Crippen LogP contribution in [-0.2, 0) is 11.3 Å². The molecule has 1 fully saturated rings. The van der Waals surface area contributed by atoms with Crippen molar-refractivity contribution in [2.45, 2.75) is 13.5 Å². The predicted molar refractivity (Wildman–Crippen MR) is 111 cm³/mol. The summed E-state index contributed by atoms with van der Waals surface area (Å²) in [5, 5.41) is 11.6. The molecular weight excluding hydrogens is 409 g/mol. The maximum atomic E-state index is 13.0. The van der Waals surface area contributed by atoms with Crippen molar-refractivity contribution in [1.82, 2.24) is 14.7 Å². The average molecular weight is 428 g/mol. The lowest BCUT2D eigenvalue weighted by Crippen LogP contribution is -2.41.